The van der Waals surface area contributed by atoms with E-state index in [9.17, 15) is 21.6 Å². The van der Waals surface area contributed by atoms with E-state index in [1.165, 1.54) is 12.1 Å². The summed E-state index contributed by atoms with van der Waals surface area (Å²) < 4.78 is 65.1. The van der Waals surface area contributed by atoms with Gasteiger partial charge in [0.1, 0.15) is 0 Å². The summed E-state index contributed by atoms with van der Waals surface area (Å²) in [5.74, 6) is 0.0288. The summed E-state index contributed by atoms with van der Waals surface area (Å²) in [6, 6.07) is 4.57. The van der Waals surface area contributed by atoms with Gasteiger partial charge in [-0.1, -0.05) is 12.1 Å². The molecule has 1 saturated heterocycles. The number of hydrogen-bond acceptors (Lipinski definition) is 5. The molecule has 2 aromatic rings. The quantitative estimate of drug-likeness (QED) is 0.766. The van der Waals surface area contributed by atoms with E-state index in [2.05, 4.69) is 19.6 Å². The second kappa shape index (κ2) is 8.76. The molecule has 1 aliphatic heterocycles. The minimum absolute atomic E-state index is 0.0288. The topological polar surface area (TPSA) is 75.2 Å². The maximum atomic E-state index is 12.9. The molecule has 1 fully saturated rings. The maximum Gasteiger partial charge on any atom is 0.416 e. The van der Waals surface area contributed by atoms with Gasteiger partial charge in [-0.3, -0.25) is 14.9 Å². The molecule has 6 nitrogen and oxygen atoms in total. The van der Waals surface area contributed by atoms with Gasteiger partial charge >= 0.3 is 6.18 Å². The molecule has 158 valence electrons. The number of nitrogens with zero attached hydrogens (tertiary/aromatic N) is 3. The number of benzene rings is 1. The molecule has 1 N–H and O–H groups in total. The zero-order chi connectivity index (χ0) is 21.1. The first kappa shape index (κ1) is 21.7. The van der Waals surface area contributed by atoms with Gasteiger partial charge in [0, 0.05) is 31.5 Å². The van der Waals surface area contributed by atoms with Crippen molar-refractivity contribution in [2.24, 2.45) is 0 Å². The number of hydrogen-bond donors (Lipinski definition) is 1. The predicted molar refractivity (Wildman–Crippen MR) is 103 cm³/mol. The van der Waals surface area contributed by atoms with Crippen molar-refractivity contribution < 1.29 is 21.6 Å². The summed E-state index contributed by atoms with van der Waals surface area (Å²) in [4.78, 5) is 10.6. The highest BCUT2D eigenvalue weighted by Gasteiger charge is 2.32. The van der Waals surface area contributed by atoms with Gasteiger partial charge in [-0.05, 0) is 37.5 Å². The summed E-state index contributed by atoms with van der Waals surface area (Å²) in [6.07, 6.45) is 1.52. The van der Waals surface area contributed by atoms with Crippen LogP contribution in [0.15, 0.2) is 42.9 Å². The van der Waals surface area contributed by atoms with Gasteiger partial charge in [-0.15, -0.1) is 0 Å². The minimum atomic E-state index is -4.39. The first-order valence-corrected chi connectivity index (χ1v) is 11.0. The molecule has 2 heterocycles. The summed E-state index contributed by atoms with van der Waals surface area (Å²) in [6.45, 7) is 2.75. The Hall–Kier alpha value is -2.04. The van der Waals surface area contributed by atoms with Crippen LogP contribution in [0.1, 0.15) is 42.6 Å². The fourth-order valence-corrected chi connectivity index (χ4v) is 4.40. The molecule has 0 aliphatic carbocycles. The van der Waals surface area contributed by atoms with Crippen LogP contribution in [0.2, 0.25) is 0 Å². The zero-order valence-corrected chi connectivity index (χ0v) is 16.7. The molecule has 0 spiro atoms. The van der Waals surface area contributed by atoms with Crippen molar-refractivity contribution in [1.29, 1.82) is 0 Å². The van der Waals surface area contributed by atoms with Crippen LogP contribution in [0, 0.1) is 0 Å². The average molecular weight is 428 g/mol. The SMILES string of the molecule is CCS(=O)(=O)NC1CCN(C(c2ccc(C(F)(F)F)cc2)c2cnccn2)CC1. The van der Waals surface area contributed by atoms with Crippen LogP contribution >= 0.6 is 0 Å². The Labute approximate surface area is 168 Å². The van der Waals surface area contributed by atoms with Crippen LogP contribution in [0.5, 0.6) is 0 Å². The molecule has 3 rings (SSSR count). The number of halogens is 3. The lowest BCUT2D eigenvalue weighted by Crippen LogP contribution is -2.46. The predicted octanol–water partition coefficient (Wildman–Crippen LogP) is 2.99. The molecule has 1 atom stereocenters. The van der Waals surface area contributed by atoms with Crippen molar-refractivity contribution in [3.05, 3.63) is 59.7 Å². The van der Waals surface area contributed by atoms with E-state index in [4.69, 9.17) is 0 Å². The largest absolute Gasteiger partial charge is 0.416 e. The van der Waals surface area contributed by atoms with E-state index in [0.29, 0.717) is 37.2 Å². The van der Waals surface area contributed by atoms with Gasteiger partial charge in [0.15, 0.2) is 0 Å². The van der Waals surface area contributed by atoms with Crippen molar-refractivity contribution in [1.82, 2.24) is 19.6 Å². The first-order chi connectivity index (χ1) is 13.7. The molecule has 0 bridgehead atoms. The fourth-order valence-electron chi connectivity index (χ4n) is 3.49. The Morgan fingerprint density at radius 2 is 1.83 bits per heavy atom. The van der Waals surface area contributed by atoms with Crippen LogP contribution in [-0.4, -0.2) is 48.2 Å². The van der Waals surface area contributed by atoms with Crippen molar-refractivity contribution in [2.45, 2.75) is 38.0 Å². The lowest BCUT2D eigenvalue weighted by Gasteiger charge is -2.37. The highest BCUT2D eigenvalue weighted by Crippen LogP contribution is 2.33. The second-order valence-corrected chi connectivity index (χ2v) is 9.03. The summed E-state index contributed by atoms with van der Waals surface area (Å²) in [5, 5.41) is 0. The van der Waals surface area contributed by atoms with Crippen molar-refractivity contribution in [2.75, 3.05) is 18.8 Å². The molecule has 1 aromatic heterocycles. The highest BCUT2D eigenvalue weighted by atomic mass is 32.2. The monoisotopic (exact) mass is 428 g/mol. The van der Waals surface area contributed by atoms with Gasteiger partial charge in [-0.25, -0.2) is 13.1 Å². The van der Waals surface area contributed by atoms with E-state index in [-0.39, 0.29) is 17.8 Å². The standard InChI is InChI=1S/C19H23F3N4O2S/c1-2-29(27,28)25-16-7-11-26(12-8-16)18(17-13-23-9-10-24-17)14-3-5-15(6-4-14)19(20,21)22/h3-6,9-10,13,16,18,25H,2,7-8,11-12H2,1H3. The van der Waals surface area contributed by atoms with Gasteiger partial charge in [0.2, 0.25) is 10.0 Å². The Morgan fingerprint density at radius 3 is 2.34 bits per heavy atom. The molecule has 0 radical (unpaired) electrons. The van der Waals surface area contributed by atoms with Crippen LogP contribution < -0.4 is 4.72 Å². The van der Waals surface area contributed by atoms with Gasteiger partial charge < -0.3 is 0 Å². The Kier molecular flexibility index (Phi) is 6.55. The third-order valence-corrected chi connectivity index (χ3v) is 6.49. The molecular formula is C19H23F3N4O2S. The van der Waals surface area contributed by atoms with Gasteiger partial charge in [0.25, 0.3) is 0 Å². The summed E-state index contributed by atoms with van der Waals surface area (Å²) in [7, 11) is -3.28. The Balaban J connectivity index is 1.81. The lowest BCUT2D eigenvalue weighted by atomic mass is 9.96. The van der Waals surface area contributed by atoms with Crippen LogP contribution in [0.25, 0.3) is 0 Å². The van der Waals surface area contributed by atoms with Crippen LogP contribution in [-0.2, 0) is 16.2 Å². The smallest absolute Gasteiger partial charge is 0.291 e. The van der Waals surface area contributed by atoms with E-state index < -0.39 is 21.8 Å². The van der Waals surface area contributed by atoms with Crippen LogP contribution in [0.3, 0.4) is 0 Å². The Bertz CT molecular complexity index is 897. The molecule has 10 heteroatoms. The third-order valence-electron chi connectivity index (χ3n) is 5.04. The van der Waals surface area contributed by atoms with E-state index in [0.717, 1.165) is 12.1 Å². The number of piperidine rings is 1. The van der Waals surface area contributed by atoms with Crippen molar-refractivity contribution in [3.8, 4) is 0 Å². The number of likely N-dealkylation sites (tertiary alicyclic amines) is 1. The van der Waals surface area contributed by atoms with Gasteiger partial charge in [0.05, 0.1) is 29.2 Å². The minimum Gasteiger partial charge on any atom is -0.291 e. The van der Waals surface area contributed by atoms with E-state index in [1.54, 1.807) is 25.5 Å². The molecule has 1 unspecified atom stereocenters. The third kappa shape index (κ3) is 5.52. The zero-order valence-electron chi connectivity index (χ0n) is 15.9. The molecule has 29 heavy (non-hydrogen) atoms. The molecule has 0 saturated carbocycles. The summed E-state index contributed by atoms with van der Waals surface area (Å²) >= 11 is 0. The second-order valence-electron chi connectivity index (χ2n) is 6.98. The number of sulfonamides is 1. The number of alkyl halides is 3. The molecule has 1 aromatic carbocycles. The lowest BCUT2D eigenvalue weighted by molar-refractivity contribution is -0.137. The number of rotatable bonds is 6. The van der Waals surface area contributed by atoms with Crippen molar-refractivity contribution in [3.63, 3.8) is 0 Å². The highest BCUT2D eigenvalue weighted by molar-refractivity contribution is 7.89. The molecule has 1 aliphatic rings. The van der Waals surface area contributed by atoms with Gasteiger partial charge in [-0.2, -0.15) is 13.2 Å². The summed E-state index contributed by atoms with van der Waals surface area (Å²) in [5.41, 5.74) is 0.623. The fraction of sp³-hybridized carbons (Fsp3) is 0.474. The first-order valence-electron chi connectivity index (χ1n) is 9.36. The number of nitrogens with one attached hydrogen (secondary N) is 1. The van der Waals surface area contributed by atoms with E-state index >= 15 is 0 Å². The maximum absolute atomic E-state index is 12.9. The van der Waals surface area contributed by atoms with Crippen molar-refractivity contribution >= 4 is 10.0 Å². The van der Waals surface area contributed by atoms with Crippen LogP contribution in [0.4, 0.5) is 13.2 Å². The molecular weight excluding hydrogens is 405 g/mol. The van der Waals surface area contributed by atoms with E-state index in [1.807, 2.05) is 0 Å². The average Bonchev–Trinajstić information content (AvgIpc) is 2.70. The number of aromatic nitrogens is 2. The Morgan fingerprint density at radius 1 is 1.17 bits per heavy atom. The normalized spacial score (nSPS) is 17.9. The molecule has 0 amide bonds.